The number of furan rings is 1. The van der Waals surface area contributed by atoms with Gasteiger partial charge in [-0.05, 0) is 44.4 Å². The van der Waals surface area contributed by atoms with Crippen LogP contribution in [0.25, 0.3) is 11.3 Å². The molecule has 148 valence electrons. The van der Waals surface area contributed by atoms with Crippen molar-refractivity contribution >= 4 is 11.9 Å². The fourth-order valence-corrected chi connectivity index (χ4v) is 2.38. The summed E-state index contributed by atoms with van der Waals surface area (Å²) in [6.07, 6.45) is 0. The van der Waals surface area contributed by atoms with Gasteiger partial charge in [0.15, 0.2) is 0 Å². The Bertz CT molecular complexity index is 739. The summed E-state index contributed by atoms with van der Waals surface area (Å²) in [7, 11) is 6.61. The molecule has 7 nitrogen and oxygen atoms in total. The summed E-state index contributed by atoms with van der Waals surface area (Å²) in [4.78, 5) is 25.8. The van der Waals surface area contributed by atoms with Gasteiger partial charge in [-0.15, -0.1) is 0 Å². The van der Waals surface area contributed by atoms with Crippen molar-refractivity contribution < 1.29 is 35.9 Å². The Morgan fingerprint density at radius 3 is 2.15 bits per heavy atom. The van der Waals surface area contributed by atoms with Crippen molar-refractivity contribution in [1.82, 2.24) is 10.2 Å². The highest BCUT2D eigenvalue weighted by Gasteiger charge is 2.16. The first-order valence-corrected chi connectivity index (χ1v) is 8.21. The first-order chi connectivity index (χ1) is 12.4. The molecular formula is C19H24ClN2O5-. The second-order valence-electron chi connectivity index (χ2n) is 6.03. The average molecular weight is 396 g/mol. The van der Waals surface area contributed by atoms with E-state index in [2.05, 4.69) is 10.2 Å². The summed E-state index contributed by atoms with van der Waals surface area (Å²) in [6.45, 7) is 2.36. The van der Waals surface area contributed by atoms with Gasteiger partial charge in [0.05, 0.1) is 31.9 Å². The number of carbonyl (C=O) groups excluding carboxylic acids is 2. The molecule has 0 aliphatic carbocycles. The second kappa shape index (κ2) is 10.7. The number of likely N-dealkylation sites (N-methyl/N-ethyl adjacent to an activating group) is 1. The molecule has 1 aromatic carbocycles. The summed E-state index contributed by atoms with van der Waals surface area (Å²) < 4.78 is 15.3. The van der Waals surface area contributed by atoms with Crippen LogP contribution >= 0.6 is 0 Å². The molecule has 0 unspecified atom stereocenters. The van der Waals surface area contributed by atoms with Crippen molar-refractivity contribution in [2.75, 3.05) is 41.4 Å². The Balaban J connectivity index is 0.00000364. The number of rotatable bonds is 8. The lowest BCUT2D eigenvalue weighted by Crippen LogP contribution is -3.00. The van der Waals surface area contributed by atoms with Crippen LogP contribution < -0.4 is 17.7 Å². The van der Waals surface area contributed by atoms with Crippen LogP contribution in [0.1, 0.15) is 26.5 Å². The maximum atomic E-state index is 11.9. The Labute approximate surface area is 165 Å². The molecule has 8 heteroatoms. The van der Waals surface area contributed by atoms with Crippen molar-refractivity contribution in [2.24, 2.45) is 0 Å². The van der Waals surface area contributed by atoms with Gasteiger partial charge in [0, 0.05) is 18.7 Å². The molecule has 1 aromatic heterocycles. The highest BCUT2D eigenvalue weighted by molar-refractivity contribution is 5.97. The van der Waals surface area contributed by atoms with Crippen LogP contribution in [-0.4, -0.2) is 58.2 Å². The van der Waals surface area contributed by atoms with Gasteiger partial charge in [0.1, 0.15) is 11.5 Å². The van der Waals surface area contributed by atoms with Crippen LogP contribution in [0.15, 0.2) is 34.7 Å². The Kier molecular flexibility index (Phi) is 9.00. The van der Waals surface area contributed by atoms with E-state index in [1.165, 1.54) is 20.3 Å². The minimum absolute atomic E-state index is 0. The number of carbonyl (C=O) groups is 2. The number of nitrogens with one attached hydrogen (secondary N) is 1. The number of nitrogens with zero attached hydrogens (tertiary/aromatic N) is 1. The zero-order valence-corrected chi connectivity index (χ0v) is 16.6. The normalized spacial score (nSPS) is 10.4. The zero-order valence-electron chi connectivity index (χ0n) is 15.9. The number of hydrogen-bond acceptors (Lipinski definition) is 7. The molecular weight excluding hydrogens is 372 g/mol. The number of ether oxygens (including phenoxy) is 2. The first kappa shape index (κ1) is 22.7. The molecule has 0 spiro atoms. The number of hydrogen-bond donors (Lipinski definition) is 1. The number of esters is 2. The van der Waals surface area contributed by atoms with Crippen LogP contribution in [0, 0.1) is 0 Å². The minimum Gasteiger partial charge on any atom is -1.00 e. The zero-order chi connectivity index (χ0) is 19.1. The van der Waals surface area contributed by atoms with Gasteiger partial charge < -0.3 is 36.5 Å². The van der Waals surface area contributed by atoms with Crippen LogP contribution in [0.2, 0.25) is 0 Å². The number of methoxy groups -OCH3 is 2. The summed E-state index contributed by atoms with van der Waals surface area (Å²) in [5, 5.41) is 3.29. The van der Waals surface area contributed by atoms with E-state index in [1.807, 2.05) is 20.2 Å². The molecule has 1 heterocycles. The van der Waals surface area contributed by atoms with Crippen molar-refractivity contribution in [3.05, 3.63) is 47.2 Å². The number of benzene rings is 1. The quantitative estimate of drug-likeness (QED) is 0.462. The molecule has 0 aliphatic rings. The van der Waals surface area contributed by atoms with Crippen molar-refractivity contribution in [3.63, 3.8) is 0 Å². The Morgan fingerprint density at radius 1 is 1.04 bits per heavy atom. The molecule has 0 aliphatic heterocycles. The molecule has 0 saturated carbocycles. The molecule has 0 bridgehead atoms. The highest BCUT2D eigenvalue weighted by Crippen LogP contribution is 2.25. The predicted octanol–water partition coefficient (Wildman–Crippen LogP) is -0.825. The van der Waals surface area contributed by atoms with Gasteiger partial charge in [-0.25, -0.2) is 9.59 Å². The van der Waals surface area contributed by atoms with Crippen molar-refractivity contribution in [3.8, 4) is 11.3 Å². The fraction of sp³-hybridized carbons (Fsp3) is 0.368. The largest absolute Gasteiger partial charge is 1.00 e. The van der Waals surface area contributed by atoms with Crippen LogP contribution in [0.4, 0.5) is 0 Å². The Hall–Kier alpha value is -2.35. The molecule has 0 radical (unpaired) electrons. The maximum absolute atomic E-state index is 11.9. The number of halogens is 1. The summed E-state index contributed by atoms with van der Waals surface area (Å²) in [5.74, 6) is 0.260. The molecule has 27 heavy (non-hydrogen) atoms. The van der Waals surface area contributed by atoms with E-state index in [0.717, 1.165) is 18.8 Å². The van der Waals surface area contributed by atoms with Gasteiger partial charge in [0.25, 0.3) is 0 Å². The van der Waals surface area contributed by atoms with Gasteiger partial charge in [-0.1, -0.05) is 0 Å². The summed E-state index contributed by atoms with van der Waals surface area (Å²) in [5.41, 5.74) is 1.12. The van der Waals surface area contributed by atoms with Gasteiger partial charge in [-0.2, -0.15) is 0 Å². The predicted molar refractivity (Wildman–Crippen MR) is 97.1 cm³/mol. The van der Waals surface area contributed by atoms with E-state index < -0.39 is 11.9 Å². The van der Waals surface area contributed by atoms with E-state index >= 15 is 0 Å². The lowest BCUT2D eigenvalue weighted by Gasteiger charge is -2.09. The molecule has 0 amide bonds. The molecule has 2 aromatic rings. The minimum atomic E-state index is -0.533. The lowest BCUT2D eigenvalue weighted by atomic mass is 10.0. The summed E-state index contributed by atoms with van der Waals surface area (Å²) >= 11 is 0. The topological polar surface area (TPSA) is 81.0 Å². The molecule has 0 saturated heterocycles. The third-order valence-corrected chi connectivity index (χ3v) is 3.76. The van der Waals surface area contributed by atoms with Crippen molar-refractivity contribution in [1.29, 1.82) is 0 Å². The van der Waals surface area contributed by atoms with E-state index in [9.17, 15) is 9.59 Å². The van der Waals surface area contributed by atoms with E-state index in [4.69, 9.17) is 13.9 Å². The molecule has 0 atom stereocenters. The van der Waals surface area contributed by atoms with Crippen molar-refractivity contribution in [2.45, 2.75) is 6.54 Å². The fourth-order valence-electron chi connectivity index (χ4n) is 2.38. The third-order valence-electron chi connectivity index (χ3n) is 3.76. The monoisotopic (exact) mass is 395 g/mol. The van der Waals surface area contributed by atoms with Crippen LogP contribution in [0.5, 0.6) is 0 Å². The third kappa shape index (κ3) is 6.39. The standard InChI is InChI=1S/C19H24N2O5.ClH/c1-21(2)8-7-20-12-16-5-6-17(26-16)13-9-14(18(22)24-3)11-15(10-13)19(23)25-4;/h5-6,9-11,20H,7-8,12H2,1-4H3;1H/p-1. The van der Waals surface area contributed by atoms with Gasteiger partial charge in [-0.3, -0.25) is 0 Å². The summed E-state index contributed by atoms with van der Waals surface area (Å²) in [6, 6.07) is 8.36. The van der Waals surface area contributed by atoms with Gasteiger partial charge >= 0.3 is 11.9 Å². The SMILES string of the molecule is COC(=O)c1cc(C(=O)OC)cc(-c2ccc(CNCCN(C)C)o2)c1.[Cl-]. The molecule has 0 fully saturated rings. The molecule has 1 N–H and O–H groups in total. The van der Waals surface area contributed by atoms with Crippen LogP contribution in [-0.2, 0) is 16.0 Å². The highest BCUT2D eigenvalue weighted by atomic mass is 35.5. The average Bonchev–Trinajstić information content (AvgIpc) is 3.12. The second-order valence-corrected chi connectivity index (χ2v) is 6.03. The van der Waals surface area contributed by atoms with E-state index in [1.54, 1.807) is 18.2 Å². The first-order valence-electron chi connectivity index (χ1n) is 8.21. The van der Waals surface area contributed by atoms with Crippen LogP contribution in [0.3, 0.4) is 0 Å². The Morgan fingerprint density at radius 2 is 1.63 bits per heavy atom. The lowest BCUT2D eigenvalue weighted by molar-refractivity contribution is -0.0000351. The molecule has 2 rings (SSSR count). The van der Waals surface area contributed by atoms with E-state index in [-0.39, 0.29) is 23.5 Å². The maximum Gasteiger partial charge on any atom is 0.337 e. The van der Waals surface area contributed by atoms with Gasteiger partial charge in [0.2, 0.25) is 0 Å². The van der Waals surface area contributed by atoms with E-state index in [0.29, 0.717) is 17.9 Å². The smallest absolute Gasteiger partial charge is 0.337 e.